The Hall–Kier alpha value is -4.13. The van der Waals surface area contributed by atoms with Gasteiger partial charge in [0.05, 0.1) is 12.8 Å². The molecule has 0 radical (unpaired) electrons. The molecule has 0 aromatic heterocycles. The van der Waals surface area contributed by atoms with Crippen LogP contribution in [0.2, 0.25) is 0 Å². The number of amides is 4. The van der Waals surface area contributed by atoms with E-state index in [1.165, 1.54) is 7.11 Å². The van der Waals surface area contributed by atoms with Crippen molar-refractivity contribution < 1.29 is 19.1 Å². The summed E-state index contributed by atoms with van der Waals surface area (Å²) in [7, 11) is 1.51. The van der Waals surface area contributed by atoms with E-state index in [0.717, 1.165) is 21.6 Å². The fourth-order valence-corrected chi connectivity index (χ4v) is 4.14. The number of hydrogen-bond donors (Lipinski definition) is 2. The fraction of sp³-hybridized carbons (Fsp3) is 0.222. The average molecular weight is 458 g/mol. The van der Waals surface area contributed by atoms with Gasteiger partial charge in [-0.25, -0.2) is 4.79 Å². The van der Waals surface area contributed by atoms with E-state index in [4.69, 9.17) is 4.74 Å². The highest BCUT2D eigenvalue weighted by Gasteiger charge is 2.54. The number of methoxy groups -OCH3 is 1. The lowest BCUT2D eigenvalue weighted by Gasteiger charge is -2.28. The monoisotopic (exact) mass is 457 g/mol. The van der Waals surface area contributed by atoms with Crippen LogP contribution in [0.1, 0.15) is 27.8 Å². The summed E-state index contributed by atoms with van der Waals surface area (Å²) in [6.45, 7) is 5.37. The molecular formula is C27H27N3O4. The maximum Gasteiger partial charge on any atom is 0.326 e. The van der Waals surface area contributed by atoms with Crippen LogP contribution < -0.4 is 15.4 Å². The molecule has 34 heavy (non-hydrogen) atoms. The second kappa shape index (κ2) is 9.02. The Kier molecular flexibility index (Phi) is 6.11. The van der Waals surface area contributed by atoms with Gasteiger partial charge in [0.15, 0.2) is 5.54 Å². The number of carbonyl (C=O) groups excluding carboxylic acids is 3. The van der Waals surface area contributed by atoms with Gasteiger partial charge in [-0.15, -0.1) is 0 Å². The molecule has 7 heteroatoms. The smallest absolute Gasteiger partial charge is 0.326 e. The van der Waals surface area contributed by atoms with Crippen molar-refractivity contribution in [2.45, 2.75) is 26.3 Å². The summed E-state index contributed by atoms with van der Waals surface area (Å²) in [6.07, 6.45) is 0. The molecule has 2 N–H and O–H groups in total. The van der Waals surface area contributed by atoms with Gasteiger partial charge >= 0.3 is 6.03 Å². The molecule has 1 saturated heterocycles. The zero-order chi connectivity index (χ0) is 24.5. The van der Waals surface area contributed by atoms with E-state index in [1.807, 2.05) is 75.4 Å². The lowest BCUT2D eigenvalue weighted by atomic mass is 9.82. The molecule has 0 saturated carbocycles. The van der Waals surface area contributed by atoms with Crippen LogP contribution in [0.4, 0.5) is 10.5 Å². The van der Waals surface area contributed by atoms with Crippen molar-refractivity contribution in [2.75, 3.05) is 19.0 Å². The van der Waals surface area contributed by atoms with Gasteiger partial charge in [-0.3, -0.25) is 14.5 Å². The third kappa shape index (κ3) is 4.12. The average Bonchev–Trinajstić information content (AvgIpc) is 3.06. The minimum Gasteiger partial charge on any atom is -0.495 e. The van der Waals surface area contributed by atoms with Crippen molar-refractivity contribution in [1.29, 1.82) is 0 Å². The number of carbonyl (C=O) groups is 3. The highest BCUT2D eigenvalue weighted by Crippen LogP contribution is 2.36. The first kappa shape index (κ1) is 23.0. The van der Waals surface area contributed by atoms with Crippen LogP contribution in [0.15, 0.2) is 66.7 Å². The third-order valence-electron chi connectivity index (χ3n) is 6.01. The summed E-state index contributed by atoms with van der Waals surface area (Å²) in [5, 5.41) is 5.63. The molecule has 1 aliphatic heterocycles. The van der Waals surface area contributed by atoms with E-state index in [0.29, 0.717) is 22.6 Å². The van der Waals surface area contributed by atoms with E-state index in [1.54, 1.807) is 12.1 Å². The summed E-state index contributed by atoms with van der Waals surface area (Å²) in [6, 6.07) is 19.6. The summed E-state index contributed by atoms with van der Waals surface area (Å²) in [5.41, 5.74) is 3.31. The van der Waals surface area contributed by atoms with Crippen molar-refractivity contribution in [3.05, 3.63) is 94.5 Å². The SMILES string of the molecule is COc1ccc(C)cc1NC(=O)CN1C(=O)NC(c2ccc(C)cc2)(c2ccc(C)cc2)C1=O. The quantitative estimate of drug-likeness (QED) is 0.547. The Balaban J connectivity index is 1.67. The van der Waals surface area contributed by atoms with Crippen molar-refractivity contribution >= 4 is 23.5 Å². The molecule has 0 aliphatic carbocycles. The van der Waals surface area contributed by atoms with Crippen LogP contribution in [0.3, 0.4) is 0 Å². The highest BCUT2D eigenvalue weighted by molar-refractivity contribution is 6.12. The van der Waals surface area contributed by atoms with Crippen LogP contribution in [0.25, 0.3) is 0 Å². The van der Waals surface area contributed by atoms with Crippen LogP contribution in [0.5, 0.6) is 5.75 Å². The molecule has 3 aromatic carbocycles. The molecule has 3 aromatic rings. The largest absolute Gasteiger partial charge is 0.495 e. The topological polar surface area (TPSA) is 87.7 Å². The highest BCUT2D eigenvalue weighted by atomic mass is 16.5. The van der Waals surface area contributed by atoms with Gasteiger partial charge in [-0.05, 0) is 49.6 Å². The van der Waals surface area contributed by atoms with E-state index >= 15 is 0 Å². The first-order chi connectivity index (χ1) is 16.2. The predicted octanol–water partition coefficient (Wildman–Crippen LogP) is 4.05. The number of benzene rings is 3. The van der Waals surface area contributed by atoms with Crippen molar-refractivity contribution in [2.24, 2.45) is 0 Å². The Morgan fingerprint density at radius 3 is 1.94 bits per heavy atom. The van der Waals surface area contributed by atoms with Gasteiger partial charge in [-0.1, -0.05) is 65.7 Å². The fourth-order valence-electron chi connectivity index (χ4n) is 4.14. The van der Waals surface area contributed by atoms with Crippen LogP contribution >= 0.6 is 0 Å². The molecule has 1 fully saturated rings. The normalized spacial score (nSPS) is 14.6. The van der Waals surface area contributed by atoms with Gasteiger partial charge in [0.2, 0.25) is 5.91 Å². The van der Waals surface area contributed by atoms with E-state index in [-0.39, 0.29) is 0 Å². The Labute approximate surface area is 198 Å². The molecule has 4 rings (SSSR count). The van der Waals surface area contributed by atoms with E-state index in [2.05, 4.69) is 10.6 Å². The number of imide groups is 1. The lowest BCUT2D eigenvalue weighted by Crippen LogP contribution is -2.45. The second-order valence-corrected chi connectivity index (χ2v) is 8.56. The second-order valence-electron chi connectivity index (χ2n) is 8.56. The zero-order valence-electron chi connectivity index (χ0n) is 19.6. The third-order valence-corrected chi connectivity index (χ3v) is 6.01. The van der Waals surface area contributed by atoms with E-state index < -0.39 is 29.9 Å². The Bertz CT molecular complexity index is 1200. The predicted molar refractivity (Wildman–Crippen MR) is 130 cm³/mol. The molecule has 1 heterocycles. The number of rotatable bonds is 6. The number of nitrogens with one attached hydrogen (secondary N) is 2. The van der Waals surface area contributed by atoms with Gasteiger partial charge in [0.1, 0.15) is 12.3 Å². The summed E-state index contributed by atoms with van der Waals surface area (Å²) < 4.78 is 5.31. The van der Waals surface area contributed by atoms with Crippen molar-refractivity contribution in [3.63, 3.8) is 0 Å². The molecular weight excluding hydrogens is 430 g/mol. The number of ether oxygens (including phenoxy) is 1. The minimum atomic E-state index is -1.42. The minimum absolute atomic E-state index is 0.429. The molecule has 4 amide bonds. The van der Waals surface area contributed by atoms with E-state index in [9.17, 15) is 14.4 Å². The molecule has 0 atom stereocenters. The van der Waals surface area contributed by atoms with Gasteiger partial charge < -0.3 is 15.4 Å². The molecule has 0 bridgehead atoms. The molecule has 1 aliphatic rings. The Morgan fingerprint density at radius 1 is 0.882 bits per heavy atom. The lowest BCUT2D eigenvalue weighted by molar-refractivity contribution is -0.133. The molecule has 0 spiro atoms. The maximum atomic E-state index is 13.8. The van der Waals surface area contributed by atoms with Gasteiger partial charge in [0.25, 0.3) is 5.91 Å². The summed E-state index contributed by atoms with van der Waals surface area (Å²) >= 11 is 0. The number of nitrogens with zero attached hydrogens (tertiary/aromatic N) is 1. The summed E-state index contributed by atoms with van der Waals surface area (Å²) in [4.78, 5) is 40.7. The number of urea groups is 1. The zero-order valence-corrected chi connectivity index (χ0v) is 19.6. The number of aryl methyl sites for hydroxylation is 3. The Morgan fingerprint density at radius 2 is 1.41 bits per heavy atom. The number of anilines is 1. The standard InChI is InChI=1S/C27H27N3O4/c1-17-5-10-20(11-6-17)27(21-12-7-18(2)8-13-21)25(32)30(26(33)29-27)16-24(31)28-22-15-19(3)9-14-23(22)34-4/h5-15H,16H2,1-4H3,(H,28,31)(H,29,33). The van der Waals surface area contributed by atoms with Crippen LogP contribution in [-0.4, -0.2) is 36.4 Å². The maximum absolute atomic E-state index is 13.8. The van der Waals surface area contributed by atoms with Gasteiger partial charge in [0, 0.05) is 0 Å². The molecule has 7 nitrogen and oxygen atoms in total. The van der Waals surface area contributed by atoms with Crippen LogP contribution in [0, 0.1) is 20.8 Å². The first-order valence-corrected chi connectivity index (χ1v) is 11.0. The summed E-state index contributed by atoms with van der Waals surface area (Å²) in [5.74, 6) is -0.516. The van der Waals surface area contributed by atoms with Gasteiger partial charge in [-0.2, -0.15) is 0 Å². The van der Waals surface area contributed by atoms with Crippen molar-refractivity contribution in [3.8, 4) is 5.75 Å². The van der Waals surface area contributed by atoms with Crippen LogP contribution in [-0.2, 0) is 15.1 Å². The van der Waals surface area contributed by atoms with Crippen molar-refractivity contribution in [1.82, 2.24) is 10.2 Å². The number of hydrogen-bond acceptors (Lipinski definition) is 4. The molecule has 0 unspecified atom stereocenters. The first-order valence-electron chi connectivity index (χ1n) is 11.0. The molecule has 174 valence electrons.